The normalized spacial score (nSPS) is 10.2. The number of ether oxygens (including phenoxy) is 1. The minimum atomic E-state index is -0.396. The zero-order chi connectivity index (χ0) is 15.0. The predicted molar refractivity (Wildman–Crippen MR) is 81.6 cm³/mol. The molecule has 0 bridgehead atoms. The molecule has 2 N–H and O–H groups in total. The van der Waals surface area contributed by atoms with Gasteiger partial charge in [0.05, 0.1) is 12.2 Å². The molecular formula is C14H22N2O3S. The van der Waals surface area contributed by atoms with Gasteiger partial charge in [0.1, 0.15) is 5.00 Å². The van der Waals surface area contributed by atoms with E-state index in [-0.39, 0.29) is 6.03 Å². The lowest BCUT2D eigenvalue weighted by Gasteiger charge is -2.07. The second-order valence-corrected chi connectivity index (χ2v) is 5.40. The molecule has 0 aromatic carbocycles. The highest BCUT2D eigenvalue weighted by Gasteiger charge is 2.18. The first-order valence-electron chi connectivity index (χ1n) is 6.97. The Kier molecular flexibility index (Phi) is 7.08. The molecule has 2 amide bonds. The van der Waals surface area contributed by atoms with Gasteiger partial charge in [0.2, 0.25) is 0 Å². The smallest absolute Gasteiger partial charge is 0.341 e. The van der Waals surface area contributed by atoms with Crippen LogP contribution in [0.15, 0.2) is 6.07 Å². The Hall–Kier alpha value is -1.56. The molecule has 0 atom stereocenters. The highest BCUT2D eigenvalue weighted by Crippen LogP contribution is 2.29. The van der Waals surface area contributed by atoms with Gasteiger partial charge in [-0.05, 0) is 25.8 Å². The lowest BCUT2D eigenvalue weighted by Crippen LogP contribution is -2.29. The fraction of sp³-hybridized carbons (Fsp3) is 0.571. The lowest BCUT2D eigenvalue weighted by atomic mass is 10.2. The fourth-order valence-electron chi connectivity index (χ4n) is 1.60. The van der Waals surface area contributed by atoms with Crippen molar-refractivity contribution >= 4 is 28.3 Å². The molecule has 0 aliphatic heterocycles. The van der Waals surface area contributed by atoms with Crippen LogP contribution in [0.25, 0.3) is 0 Å². The van der Waals surface area contributed by atoms with Gasteiger partial charge in [0, 0.05) is 11.4 Å². The number of hydrogen-bond acceptors (Lipinski definition) is 4. The summed E-state index contributed by atoms with van der Waals surface area (Å²) < 4.78 is 5.00. The SMILES string of the molecule is CCCCNC(=O)Nc1sc(CC)cc1C(=O)OCC. The summed E-state index contributed by atoms with van der Waals surface area (Å²) in [6, 6.07) is 1.50. The standard InChI is InChI=1S/C14H22N2O3S/c1-4-7-8-15-14(18)16-12-11(13(17)19-6-3)9-10(5-2)20-12/h9H,4-8H2,1-3H3,(H2,15,16,18). The van der Waals surface area contributed by atoms with E-state index in [2.05, 4.69) is 17.6 Å². The lowest BCUT2D eigenvalue weighted by molar-refractivity contribution is 0.0528. The number of rotatable bonds is 7. The van der Waals surface area contributed by atoms with Gasteiger partial charge in [0.25, 0.3) is 0 Å². The molecule has 1 heterocycles. The van der Waals surface area contributed by atoms with Crippen molar-refractivity contribution in [2.24, 2.45) is 0 Å². The van der Waals surface area contributed by atoms with E-state index in [0.29, 0.717) is 23.7 Å². The Balaban J connectivity index is 2.74. The van der Waals surface area contributed by atoms with E-state index < -0.39 is 5.97 Å². The average molecular weight is 298 g/mol. The van der Waals surface area contributed by atoms with Gasteiger partial charge >= 0.3 is 12.0 Å². The van der Waals surface area contributed by atoms with Crippen LogP contribution in [0.3, 0.4) is 0 Å². The van der Waals surface area contributed by atoms with Crippen molar-refractivity contribution in [3.8, 4) is 0 Å². The van der Waals surface area contributed by atoms with Crippen molar-refractivity contribution in [3.05, 3.63) is 16.5 Å². The molecular weight excluding hydrogens is 276 g/mol. The number of thiophene rings is 1. The van der Waals surface area contributed by atoms with E-state index in [1.54, 1.807) is 13.0 Å². The predicted octanol–water partition coefficient (Wildman–Crippen LogP) is 3.41. The summed E-state index contributed by atoms with van der Waals surface area (Å²) in [5, 5.41) is 6.04. The maximum Gasteiger partial charge on any atom is 0.341 e. The van der Waals surface area contributed by atoms with Crippen LogP contribution in [0.5, 0.6) is 0 Å². The molecule has 0 aliphatic rings. The Morgan fingerprint density at radius 3 is 2.65 bits per heavy atom. The second kappa shape index (κ2) is 8.58. The van der Waals surface area contributed by atoms with Gasteiger partial charge in [0.15, 0.2) is 0 Å². The Labute approximate surface area is 123 Å². The van der Waals surface area contributed by atoms with E-state index in [1.165, 1.54) is 11.3 Å². The van der Waals surface area contributed by atoms with Crippen LogP contribution in [0.1, 0.15) is 48.8 Å². The number of amides is 2. The zero-order valence-electron chi connectivity index (χ0n) is 12.2. The van der Waals surface area contributed by atoms with Gasteiger partial charge in [-0.25, -0.2) is 9.59 Å². The molecule has 6 heteroatoms. The molecule has 0 saturated heterocycles. The van der Waals surface area contributed by atoms with Crippen LogP contribution >= 0.6 is 11.3 Å². The minimum Gasteiger partial charge on any atom is -0.462 e. The largest absolute Gasteiger partial charge is 0.462 e. The molecule has 20 heavy (non-hydrogen) atoms. The molecule has 0 spiro atoms. The molecule has 0 fully saturated rings. The van der Waals surface area contributed by atoms with Gasteiger partial charge in [-0.2, -0.15) is 0 Å². The van der Waals surface area contributed by atoms with Gasteiger partial charge in [-0.3, -0.25) is 5.32 Å². The van der Waals surface area contributed by atoms with E-state index >= 15 is 0 Å². The molecule has 0 radical (unpaired) electrons. The summed E-state index contributed by atoms with van der Waals surface area (Å²) in [7, 11) is 0. The summed E-state index contributed by atoms with van der Waals surface area (Å²) in [6.45, 7) is 6.77. The van der Waals surface area contributed by atoms with Gasteiger partial charge in [-0.1, -0.05) is 20.3 Å². The third kappa shape index (κ3) is 4.85. The molecule has 0 saturated carbocycles. The van der Waals surface area contributed by atoms with Crippen LogP contribution in [-0.4, -0.2) is 25.2 Å². The minimum absolute atomic E-state index is 0.284. The summed E-state index contributed by atoms with van der Waals surface area (Å²) in [5.74, 6) is -0.396. The summed E-state index contributed by atoms with van der Waals surface area (Å²) in [4.78, 5) is 24.6. The van der Waals surface area contributed by atoms with Crippen molar-refractivity contribution < 1.29 is 14.3 Å². The quantitative estimate of drug-likeness (QED) is 0.599. The maximum atomic E-state index is 11.8. The molecule has 0 unspecified atom stereocenters. The number of carbonyl (C=O) groups excluding carboxylic acids is 2. The van der Waals surface area contributed by atoms with E-state index in [9.17, 15) is 9.59 Å². The van der Waals surface area contributed by atoms with Crippen molar-refractivity contribution in [2.45, 2.75) is 40.0 Å². The molecule has 1 aromatic rings. The Morgan fingerprint density at radius 1 is 1.30 bits per heavy atom. The zero-order valence-corrected chi connectivity index (χ0v) is 13.1. The monoisotopic (exact) mass is 298 g/mol. The van der Waals surface area contributed by atoms with Crippen molar-refractivity contribution in [1.82, 2.24) is 5.32 Å². The highest BCUT2D eigenvalue weighted by molar-refractivity contribution is 7.16. The van der Waals surface area contributed by atoms with E-state index in [4.69, 9.17) is 4.74 Å². The number of aryl methyl sites for hydroxylation is 1. The Morgan fingerprint density at radius 2 is 2.05 bits per heavy atom. The van der Waals surface area contributed by atoms with Gasteiger partial charge in [-0.15, -0.1) is 11.3 Å². The highest BCUT2D eigenvalue weighted by atomic mass is 32.1. The Bertz CT molecular complexity index is 457. The maximum absolute atomic E-state index is 11.8. The van der Waals surface area contributed by atoms with Crippen LogP contribution in [0.4, 0.5) is 9.80 Å². The number of urea groups is 1. The summed E-state index contributed by atoms with van der Waals surface area (Å²) in [5.41, 5.74) is 0.430. The third-order valence-corrected chi connectivity index (χ3v) is 3.86. The number of hydrogen-bond donors (Lipinski definition) is 2. The number of carbonyl (C=O) groups is 2. The van der Waals surface area contributed by atoms with Gasteiger partial charge < -0.3 is 10.1 Å². The first-order chi connectivity index (χ1) is 9.62. The third-order valence-electron chi connectivity index (χ3n) is 2.67. The van der Waals surface area contributed by atoms with Crippen LogP contribution in [-0.2, 0) is 11.2 Å². The first-order valence-corrected chi connectivity index (χ1v) is 7.78. The molecule has 0 aliphatic carbocycles. The number of unbranched alkanes of at least 4 members (excludes halogenated alkanes) is 1. The number of nitrogens with one attached hydrogen (secondary N) is 2. The van der Waals surface area contributed by atoms with Crippen molar-refractivity contribution in [3.63, 3.8) is 0 Å². The number of anilines is 1. The molecule has 1 rings (SSSR count). The molecule has 112 valence electrons. The first kappa shape index (κ1) is 16.5. The van der Waals surface area contributed by atoms with Crippen LogP contribution < -0.4 is 10.6 Å². The summed E-state index contributed by atoms with van der Waals surface area (Å²) >= 11 is 1.41. The van der Waals surface area contributed by atoms with E-state index in [1.807, 2.05) is 6.92 Å². The second-order valence-electron chi connectivity index (χ2n) is 4.26. The van der Waals surface area contributed by atoms with Crippen molar-refractivity contribution in [1.29, 1.82) is 0 Å². The fourth-order valence-corrected chi connectivity index (χ4v) is 2.57. The average Bonchev–Trinajstić information content (AvgIpc) is 2.82. The van der Waals surface area contributed by atoms with E-state index in [0.717, 1.165) is 24.1 Å². The topological polar surface area (TPSA) is 67.4 Å². The van der Waals surface area contributed by atoms with Crippen molar-refractivity contribution in [2.75, 3.05) is 18.5 Å². The summed E-state index contributed by atoms with van der Waals surface area (Å²) in [6.07, 6.45) is 2.77. The van der Waals surface area contributed by atoms with Crippen LogP contribution in [0.2, 0.25) is 0 Å². The molecule has 1 aromatic heterocycles. The van der Waals surface area contributed by atoms with Crippen LogP contribution in [0, 0.1) is 0 Å². The molecule has 5 nitrogen and oxygen atoms in total. The number of esters is 1.